The van der Waals surface area contributed by atoms with Crippen molar-refractivity contribution < 1.29 is 19.4 Å². The first-order valence-corrected chi connectivity index (χ1v) is 8.35. The van der Waals surface area contributed by atoms with Crippen molar-refractivity contribution in [3.8, 4) is 0 Å². The van der Waals surface area contributed by atoms with Crippen LogP contribution in [0.25, 0.3) is 0 Å². The molecule has 2 aliphatic carbocycles. The summed E-state index contributed by atoms with van der Waals surface area (Å²) >= 11 is 0. The normalized spacial score (nSPS) is 18.6. The molecule has 23 heavy (non-hydrogen) atoms. The van der Waals surface area contributed by atoms with Gasteiger partial charge in [0.15, 0.2) is 0 Å². The van der Waals surface area contributed by atoms with Crippen molar-refractivity contribution in [2.75, 3.05) is 0 Å². The highest BCUT2D eigenvalue weighted by molar-refractivity contribution is 5.85. The largest absolute Gasteiger partial charge is 0.479 e. The van der Waals surface area contributed by atoms with Crippen LogP contribution >= 0.6 is 0 Å². The van der Waals surface area contributed by atoms with Crippen LogP contribution in [0.2, 0.25) is 0 Å². The Morgan fingerprint density at radius 2 is 1.65 bits per heavy atom. The maximum atomic E-state index is 12.2. The monoisotopic (exact) mass is 317 g/mol. The van der Waals surface area contributed by atoms with Gasteiger partial charge in [-0.05, 0) is 43.1 Å². The van der Waals surface area contributed by atoms with Crippen LogP contribution in [0, 0.1) is 11.8 Å². The number of aliphatic carboxylic acids is 1. The number of benzene rings is 1. The number of hydrogen-bond acceptors (Lipinski definition) is 3. The molecule has 0 aromatic heterocycles. The molecule has 0 bridgehead atoms. The van der Waals surface area contributed by atoms with Crippen molar-refractivity contribution in [2.24, 2.45) is 11.8 Å². The average molecular weight is 317 g/mol. The third-order valence-electron chi connectivity index (χ3n) is 5.37. The molecule has 3 rings (SSSR count). The van der Waals surface area contributed by atoms with Gasteiger partial charge in [-0.25, -0.2) is 9.59 Å². The minimum atomic E-state index is -1.15. The van der Waals surface area contributed by atoms with Crippen molar-refractivity contribution in [1.82, 2.24) is 5.32 Å². The van der Waals surface area contributed by atoms with Crippen LogP contribution in [-0.2, 0) is 16.1 Å². The summed E-state index contributed by atoms with van der Waals surface area (Å²) in [7, 11) is 0. The number of carbonyl (C=O) groups is 2. The zero-order chi connectivity index (χ0) is 16.3. The van der Waals surface area contributed by atoms with E-state index in [9.17, 15) is 14.7 Å². The summed E-state index contributed by atoms with van der Waals surface area (Å²) in [5.74, 6) is -0.868. The molecular weight excluding hydrogens is 294 g/mol. The standard InChI is InChI=1S/C18H23NO4/c20-16(21)18(14-8-4-9-14,15-10-5-11-15)19-17(22)23-12-13-6-2-1-3-7-13/h1-3,6-7,14-15H,4-5,8-12H2,(H,19,22)(H,20,21). The van der Waals surface area contributed by atoms with Crippen molar-refractivity contribution in [3.63, 3.8) is 0 Å². The molecule has 2 N–H and O–H groups in total. The zero-order valence-electron chi connectivity index (χ0n) is 13.2. The molecule has 1 amide bonds. The van der Waals surface area contributed by atoms with Gasteiger partial charge in [-0.2, -0.15) is 0 Å². The number of rotatable bonds is 6. The van der Waals surface area contributed by atoms with E-state index < -0.39 is 17.6 Å². The molecule has 0 saturated heterocycles. The van der Waals surface area contributed by atoms with Crippen molar-refractivity contribution in [2.45, 2.75) is 50.7 Å². The summed E-state index contributed by atoms with van der Waals surface area (Å²) in [6, 6.07) is 9.39. The highest BCUT2D eigenvalue weighted by Gasteiger charge is 2.56. The van der Waals surface area contributed by atoms with E-state index in [0.717, 1.165) is 44.1 Å². The number of nitrogens with one attached hydrogen (secondary N) is 1. The van der Waals surface area contributed by atoms with Gasteiger partial charge in [-0.3, -0.25) is 0 Å². The maximum absolute atomic E-state index is 12.2. The van der Waals surface area contributed by atoms with Gasteiger partial charge in [-0.15, -0.1) is 0 Å². The third-order valence-corrected chi connectivity index (χ3v) is 5.37. The van der Waals surface area contributed by atoms with Crippen molar-refractivity contribution in [3.05, 3.63) is 35.9 Å². The molecule has 0 aliphatic heterocycles. The second-order valence-electron chi connectivity index (χ2n) is 6.62. The molecule has 0 unspecified atom stereocenters. The summed E-state index contributed by atoms with van der Waals surface area (Å²) in [5.41, 5.74) is -0.263. The van der Waals surface area contributed by atoms with Gasteiger partial charge in [0.1, 0.15) is 12.1 Å². The lowest BCUT2D eigenvalue weighted by atomic mass is 9.59. The van der Waals surface area contributed by atoms with Crippen LogP contribution in [0.4, 0.5) is 4.79 Å². The van der Waals surface area contributed by atoms with Crippen LogP contribution < -0.4 is 5.32 Å². The van der Waals surface area contributed by atoms with Crippen molar-refractivity contribution >= 4 is 12.1 Å². The molecule has 1 aromatic carbocycles. The number of amides is 1. The smallest absolute Gasteiger partial charge is 0.408 e. The van der Waals surface area contributed by atoms with Crippen LogP contribution in [0.5, 0.6) is 0 Å². The molecular formula is C18H23NO4. The van der Waals surface area contributed by atoms with E-state index in [1.165, 1.54) is 0 Å². The molecule has 2 aliphatic rings. The molecule has 0 heterocycles. The summed E-state index contributed by atoms with van der Waals surface area (Å²) in [6.45, 7) is 0.151. The van der Waals surface area contributed by atoms with Crippen LogP contribution in [0.1, 0.15) is 44.1 Å². The van der Waals surface area contributed by atoms with Crippen LogP contribution in [-0.4, -0.2) is 22.7 Å². The minimum Gasteiger partial charge on any atom is -0.479 e. The van der Waals surface area contributed by atoms with Crippen LogP contribution in [0.15, 0.2) is 30.3 Å². The summed E-state index contributed by atoms with van der Waals surface area (Å²) in [4.78, 5) is 24.3. The molecule has 124 valence electrons. The van der Waals surface area contributed by atoms with Gasteiger partial charge in [0, 0.05) is 0 Å². The Morgan fingerprint density at radius 1 is 1.09 bits per heavy atom. The highest BCUT2D eigenvalue weighted by Crippen LogP contribution is 2.47. The Balaban J connectivity index is 1.67. The first kappa shape index (κ1) is 15.8. The average Bonchev–Trinajstić information content (AvgIpc) is 2.42. The second-order valence-corrected chi connectivity index (χ2v) is 6.62. The number of carboxylic acid groups (broad SMARTS) is 1. The lowest BCUT2D eigenvalue weighted by Gasteiger charge is -2.50. The lowest BCUT2D eigenvalue weighted by molar-refractivity contribution is -0.155. The van der Waals surface area contributed by atoms with E-state index in [2.05, 4.69) is 5.32 Å². The Morgan fingerprint density at radius 3 is 2.09 bits per heavy atom. The van der Waals surface area contributed by atoms with E-state index in [1.807, 2.05) is 30.3 Å². The van der Waals surface area contributed by atoms with E-state index in [1.54, 1.807) is 0 Å². The molecule has 1 aromatic rings. The van der Waals surface area contributed by atoms with E-state index in [0.29, 0.717) is 0 Å². The summed E-state index contributed by atoms with van der Waals surface area (Å²) < 4.78 is 5.26. The summed E-state index contributed by atoms with van der Waals surface area (Å²) in [6.07, 6.45) is 4.89. The van der Waals surface area contributed by atoms with Crippen LogP contribution in [0.3, 0.4) is 0 Å². The number of ether oxygens (including phenoxy) is 1. The fraction of sp³-hybridized carbons (Fsp3) is 0.556. The predicted molar refractivity (Wildman–Crippen MR) is 84.8 cm³/mol. The summed E-state index contributed by atoms with van der Waals surface area (Å²) in [5, 5.41) is 12.6. The first-order chi connectivity index (χ1) is 11.1. The number of hydrogen-bond donors (Lipinski definition) is 2. The van der Waals surface area contributed by atoms with Gasteiger partial charge in [0.05, 0.1) is 0 Å². The molecule has 0 atom stereocenters. The molecule has 0 spiro atoms. The van der Waals surface area contributed by atoms with Crippen molar-refractivity contribution in [1.29, 1.82) is 0 Å². The molecule has 5 heteroatoms. The number of alkyl carbamates (subject to hydrolysis) is 1. The van der Waals surface area contributed by atoms with Gasteiger partial charge < -0.3 is 15.2 Å². The quantitative estimate of drug-likeness (QED) is 0.844. The Hall–Kier alpha value is -2.04. The topological polar surface area (TPSA) is 75.6 Å². The molecule has 2 saturated carbocycles. The number of carbonyl (C=O) groups excluding carboxylic acids is 1. The molecule has 2 fully saturated rings. The Bertz CT molecular complexity index is 550. The zero-order valence-corrected chi connectivity index (χ0v) is 13.2. The Labute approximate surface area is 136 Å². The minimum absolute atomic E-state index is 0.0228. The highest BCUT2D eigenvalue weighted by atomic mass is 16.5. The third kappa shape index (κ3) is 3.05. The van der Waals surface area contributed by atoms with Gasteiger partial charge in [0.25, 0.3) is 0 Å². The maximum Gasteiger partial charge on any atom is 0.408 e. The van der Waals surface area contributed by atoms with Gasteiger partial charge in [-0.1, -0.05) is 43.2 Å². The first-order valence-electron chi connectivity index (χ1n) is 8.35. The fourth-order valence-electron chi connectivity index (χ4n) is 3.60. The molecule has 0 radical (unpaired) electrons. The van der Waals surface area contributed by atoms with Gasteiger partial charge >= 0.3 is 12.1 Å². The molecule has 5 nitrogen and oxygen atoms in total. The van der Waals surface area contributed by atoms with E-state index in [-0.39, 0.29) is 18.4 Å². The second kappa shape index (κ2) is 6.60. The predicted octanol–water partition coefficient (Wildman–Crippen LogP) is 3.34. The van der Waals surface area contributed by atoms with Gasteiger partial charge in [0.2, 0.25) is 0 Å². The Kier molecular flexibility index (Phi) is 4.55. The lowest BCUT2D eigenvalue weighted by Crippen LogP contribution is -2.66. The van der Waals surface area contributed by atoms with E-state index in [4.69, 9.17) is 4.74 Å². The SMILES string of the molecule is O=C(NC(C(=O)O)(C1CCC1)C1CCC1)OCc1ccccc1. The fourth-order valence-corrected chi connectivity index (χ4v) is 3.60. The number of carboxylic acids is 1. The van der Waals surface area contributed by atoms with E-state index >= 15 is 0 Å².